The molecule has 1 aromatic carbocycles. The Morgan fingerprint density at radius 2 is 2.08 bits per heavy atom. The van der Waals surface area contributed by atoms with Crippen molar-refractivity contribution >= 4 is 40.0 Å². The minimum atomic E-state index is -0.760. The number of nitrogen functional groups attached to an aromatic ring is 1. The molecule has 138 valence electrons. The molecule has 0 aliphatic carbocycles. The molecule has 0 radical (unpaired) electrons. The van der Waals surface area contributed by atoms with Crippen LogP contribution < -0.4 is 21.7 Å². The second kappa shape index (κ2) is 6.14. The normalized spacial score (nSPS) is 16.0. The smallest absolute Gasteiger partial charge is 0.416 e. The summed E-state index contributed by atoms with van der Waals surface area (Å²) >= 11 is 0. The molecule has 1 unspecified atom stereocenters. The third-order valence-corrected chi connectivity index (χ3v) is 4.07. The number of hydrogen-bond donors (Lipinski definition) is 3. The summed E-state index contributed by atoms with van der Waals surface area (Å²) in [5.41, 5.74) is 14.3. The molecule has 5 N–H and O–H groups in total. The SMILES string of the molecule is CCC(=O)Nc1cc(N)c2nccc3c2c1N(C(=O)OC(C)(C)C)C3N. The maximum Gasteiger partial charge on any atom is 0.416 e. The standard InChI is InChI=1S/C18H23N5O3/c1-5-12(24)22-11-8-10(19)14-13-9(6-7-21-14)16(20)23(15(11)13)17(25)26-18(2,3)4/h6-8,16H,5,19-20H2,1-4H3,(H,22,24). The van der Waals surface area contributed by atoms with E-state index in [4.69, 9.17) is 16.2 Å². The lowest BCUT2D eigenvalue weighted by atomic mass is 10.1. The molecule has 8 nitrogen and oxygen atoms in total. The minimum absolute atomic E-state index is 0.199. The van der Waals surface area contributed by atoms with Crippen molar-refractivity contribution in [3.8, 4) is 0 Å². The molecule has 1 aliphatic rings. The molecule has 2 heterocycles. The fourth-order valence-corrected chi connectivity index (χ4v) is 3.00. The Balaban J connectivity index is 2.22. The van der Waals surface area contributed by atoms with E-state index in [9.17, 15) is 9.59 Å². The highest BCUT2D eigenvalue weighted by Gasteiger charge is 2.39. The number of nitrogens with one attached hydrogen (secondary N) is 1. The van der Waals surface area contributed by atoms with Crippen LogP contribution in [0.4, 0.5) is 21.9 Å². The van der Waals surface area contributed by atoms with Crippen molar-refractivity contribution in [3.63, 3.8) is 0 Å². The lowest BCUT2D eigenvalue weighted by molar-refractivity contribution is -0.115. The van der Waals surface area contributed by atoms with Crippen LogP contribution in [0.1, 0.15) is 45.8 Å². The van der Waals surface area contributed by atoms with Gasteiger partial charge in [-0.2, -0.15) is 0 Å². The van der Waals surface area contributed by atoms with Gasteiger partial charge >= 0.3 is 6.09 Å². The van der Waals surface area contributed by atoms with Crippen molar-refractivity contribution < 1.29 is 14.3 Å². The quantitative estimate of drug-likeness (QED) is 0.710. The number of ether oxygens (including phenoxy) is 1. The molecule has 1 aromatic heterocycles. The van der Waals surface area contributed by atoms with Gasteiger partial charge in [-0.15, -0.1) is 0 Å². The third-order valence-electron chi connectivity index (χ3n) is 4.07. The Labute approximate surface area is 151 Å². The summed E-state index contributed by atoms with van der Waals surface area (Å²) in [5, 5.41) is 3.44. The predicted molar refractivity (Wildman–Crippen MR) is 101 cm³/mol. The highest BCUT2D eigenvalue weighted by Crippen LogP contribution is 2.48. The van der Waals surface area contributed by atoms with E-state index in [1.807, 2.05) is 0 Å². The molecule has 0 spiro atoms. The van der Waals surface area contributed by atoms with Gasteiger partial charge in [-0.25, -0.2) is 4.79 Å². The first-order chi connectivity index (χ1) is 12.1. The Hall–Kier alpha value is -2.87. The number of nitrogens with zero attached hydrogens (tertiary/aromatic N) is 2. The van der Waals surface area contributed by atoms with Crippen LogP contribution in [0.3, 0.4) is 0 Å². The van der Waals surface area contributed by atoms with Crippen molar-refractivity contribution in [2.75, 3.05) is 16.0 Å². The fraction of sp³-hybridized carbons (Fsp3) is 0.389. The number of nitrogens with two attached hydrogens (primary N) is 2. The van der Waals surface area contributed by atoms with Crippen LogP contribution in [0, 0.1) is 0 Å². The molecule has 0 saturated heterocycles. The van der Waals surface area contributed by atoms with Gasteiger partial charge in [0.25, 0.3) is 0 Å². The third kappa shape index (κ3) is 2.92. The second-order valence-electron chi connectivity index (χ2n) is 7.18. The van der Waals surface area contributed by atoms with E-state index in [1.54, 1.807) is 46.0 Å². The summed E-state index contributed by atoms with van der Waals surface area (Å²) in [5.74, 6) is -0.199. The predicted octanol–water partition coefficient (Wildman–Crippen LogP) is 2.88. The van der Waals surface area contributed by atoms with Gasteiger partial charge in [0.1, 0.15) is 11.8 Å². The second-order valence-corrected chi connectivity index (χ2v) is 7.18. The fourth-order valence-electron chi connectivity index (χ4n) is 3.00. The molecule has 26 heavy (non-hydrogen) atoms. The van der Waals surface area contributed by atoms with Gasteiger partial charge in [0.15, 0.2) is 0 Å². The van der Waals surface area contributed by atoms with E-state index in [0.29, 0.717) is 33.5 Å². The molecule has 0 bridgehead atoms. The van der Waals surface area contributed by atoms with Gasteiger partial charge in [-0.3, -0.25) is 14.7 Å². The van der Waals surface area contributed by atoms with Crippen molar-refractivity contribution in [1.82, 2.24) is 4.98 Å². The number of carbonyl (C=O) groups is 2. The largest absolute Gasteiger partial charge is 0.443 e. The van der Waals surface area contributed by atoms with Crippen LogP contribution in [0.5, 0.6) is 0 Å². The first kappa shape index (κ1) is 17.9. The molecular weight excluding hydrogens is 334 g/mol. The van der Waals surface area contributed by atoms with Gasteiger partial charge < -0.3 is 21.5 Å². The molecule has 2 amide bonds. The maximum atomic E-state index is 12.8. The summed E-state index contributed by atoms with van der Waals surface area (Å²) in [6.07, 6.45) is 0.528. The van der Waals surface area contributed by atoms with E-state index in [0.717, 1.165) is 0 Å². The van der Waals surface area contributed by atoms with Crippen LogP contribution in [0.15, 0.2) is 18.3 Å². The van der Waals surface area contributed by atoms with Crippen LogP contribution in [0.25, 0.3) is 10.9 Å². The molecule has 1 aliphatic heterocycles. The summed E-state index contributed by atoms with van der Waals surface area (Å²) in [7, 11) is 0. The van der Waals surface area contributed by atoms with Gasteiger partial charge in [0.2, 0.25) is 5.91 Å². The number of rotatable bonds is 2. The number of anilines is 3. The lowest BCUT2D eigenvalue weighted by Crippen LogP contribution is -2.40. The van der Waals surface area contributed by atoms with Crippen molar-refractivity contribution in [2.24, 2.45) is 5.73 Å². The van der Waals surface area contributed by atoms with E-state index in [-0.39, 0.29) is 12.3 Å². The Morgan fingerprint density at radius 1 is 1.38 bits per heavy atom. The Bertz CT molecular complexity index is 904. The van der Waals surface area contributed by atoms with Crippen LogP contribution in [-0.4, -0.2) is 22.6 Å². The molecular formula is C18H23N5O3. The zero-order chi connectivity index (χ0) is 19.2. The highest BCUT2D eigenvalue weighted by molar-refractivity contribution is 6.16. The zero-order valence-electron chi connectivity index (χ0n) is 15.3. The zero-order valence-corrected chi connectivity index (χ0v) is 15.3. The summed E-state index contributed by atoms with van der Waals surface area (Å²) in [6.45, 7) is 7.07. The first-order valence-electron chi connectivity index (χ1n) is 8.42. The number of carbonyl (C=O) groups excluding carboxylic acids is 2. The van der Waals surface area contributed by atoms with E-state index < -0.39 is 17.9 Å². The number of amides is 2. The molecule has 2 aromatic rings. The molecule has 3 rings (SSSR count). The van der Waals surface area contributed by atoms with Gasteiger partial charge in [0.05, 0.1) is 22.6 Å². The lowest BCUT2D eigenvalue weighted by Gasteiger charge is -2.28. The average molecular weight is 357 g/mol. The van der Waals surface area contributed by atoms with Crippen molar-refractivity contribution in [2.45, 2.75) is 45.9 Å². The molecule has 0 fully saturated rings. The number of benzene rings is 1. The number of aromatic nitrogens is 1. The molecule has 1 atom stereocenters. The molecule has 0 saturated carbocycles. The first-order valence-corrected chi connectivity index (χ1v) is 8.42. The monoisotopic (exact) mass is 357 g/mol. The summed E-state index contributed by atoms with van der Waals surface area (Å²) in [4.78, 5) is 30.5. The van der Waals surface area contributed by atoms with E-state index >= 15 is 0 Å². The van der Waals surface area contributed by atoms with Crippen LogP contribution >= 0.6 is 0 Å². The van der Waals surface area contributed by atoms with E-state index in [2.05, 4.69) is 10.3 Å². The topological polar surface area (TPSA) is 124 Å². The van der Waals surface area contributed by atoms with Crippen LogP contribution in [-0.2, 0) is 9.53 Å². The van der Waals surface area contributed by atoms with Gasteiger partial charge in [-0.05, 0) is 32.9 Å². The van der Waals surface area contributed by atoms with E-state index in [1.165, 1.54) is 4.90 Å². The average Bonchev–Trinajstić information content (AvgIpc) is 2.85. The van der Waals surface area contributed by atoms with Gasteiger partial charge in [0, 0.05) is 23.6 Å². The summed E-state index contributed by atoms with van der Waals surface area (Å²) in [6, 6.07) is 3.34. The Kier molecular flexibility index (Phi) is 4.23. The summed E-state index contributed by atoms with van der Waals surface area (Å²) < 4.78 is 5.51. The number of hydrogen-bond acceptors (Lipinski definition) is 6. The van der Waals surface area contributed by atoms with Crippen molar-refractivity contribution in [3.05, 3.63) is 23.9 Å². The van der Waals surface area contributed by atoms with Crippen LogP contribution in [0.2, 0.25) is 0 Å². The Morgan fingerprint density at radius 3 is 2.69 bits per heavy atom. The maximum absolute atomic E-state index is 12.8. The highest BCUT2D eigenvalue weighted by atomic mass is 16.6. The molecule has 8 heteroatoms. The number of pyridine rings is 1. The van der Waals surface area contributed by atoms with Crippen molar-refractivity contribution in [1.29, 1.82) is 0 Å². The van der Waals surface area contributed by atoms with Gasteiger partial charge in [-0.1, -0.05) is 6.92 Å². The minimum Gasteiger partial charge on any atom is -0.443 e.